The van der Waals surface area contributed by atoms with Gasteiger partial charge in [-0.2, -0.15) is 10.2 Å². The van der Waals surface area contributed by atoms with E-state index in [1.54, 1.807) is 54.6 Å². The van der Waals surface area contributed by atoms with Crippen LogP contribution in [-0.2, 0) is 0 Å². The first kappa shape index (κ1) is 22.1. The smallest absolute Gasteiger partial charge is 0.261 e. The maximum atomic E-state index is 13.9. The third-order valence-electron chi connectivity index (χ3n) is 3.84. The molecule has 0 atom stereocenters. The van der Waals surface area contributed by atoms with Crippen LogP contribution in [0.5, 0.6) is 0 Å². The van der Waals surface area contributed by atoms with E-state index >= 15 is 0 Å². The lowest BCUT2D eigenvalue weighted by molar-refractivity contribution is 0.0972. The van der Waals surface area contributed by atoms with Crippen molar-refractivity contribution in [2.75, 3.05) is 0 Å². The van der Waals surface area contributed by atoms with Crippen LogP contribution in [0.4, 0.5) is 4.39 Å². The molecule has 6 nitrogen and oxygen atoms in total. The molecule has 0 heterocycles. The fourth-order valence-electron chi connectivity index (χ4n) is 2.31. The average molecular weight is 456 g/mol. The molecule has 0 fully saturated rings. The second-order valence-electron chi connectivity index (χ2n) is 6.10. The second-order valence-corrected chi connectivity index (χ2v) is 6.97. The zero-order chi connectivity index (χ0) is 22.1. The summed E-state index contributed by atoms with van der Waals surface area (Å²) >= 11 is 11.7. The van der Waals surface area contributed by atoms with E-state index in [1.807, 2.05) is 0 Å². The normalized spacial score (nSPS) is 11.8. The van der Waals surface area contributed by atoms with Gasteiger partial charge in [0, 0.05) is 10.0 Å². The summed E-state index contributed by atoms with van der Waals surface area (Å²) in [4.78, 5) is 12.4. The van der Waals surface area contributed by atoms with Crippen LogP contribution in [0.2, 0.25) is 10.0 Å². The molecule has 3 aromatic carbocycles. The average Bonchev–Trinajstić information content (AvgIpc) is 2.76. The zero-order valence-corrected chi connectivity index (χ0v) is 17.5. The Balaban J connectivity index is 1.76. The van der Waals surface area contributed by atoms with Gasteiger partial charge in [-0.25, -0.2) is 9.82 Å². The number of hydrazone groups is 1. The Bertz CT molecular complexity index is 1130. The van der Waals surface area contributed by atoms with Crippen molar-refractivity contribution in [1.29, 1.82) is 0 Å². The van der Waals surface area contributed by atoms with Crippen molar-refractivity contribution < 1.29 is 9.18 Å². The number of benzene rings is 3. The summed E-state index contributed by atoms with van der Waals surface area (Å²) in [6.45, 7) is 0. The van der Waals surface area contributed by atoms with Crippen LogP contribution in [-0.4, -0.2) is 24.3 Å². The maximum absolute atomic E-state index is 13.9. The Labute approximate surface area is 188 Å². The van der Waals surface area contributed by atoms with Crippen LogP contribution in [0.25, 0.3) is 0 Å². The Kier molecular flexibility index (Phi) is 7.86. The summed E-state index contributed by atoms with van der Waals surface area (Å²) in [6.07, 6.45) is 2.97. The lowest BCUT2D eigenvalue weighted by atomic mass is 10.2. The first-order valence-corrected chi connectivity index (χ1v) is 9.74. The highest BCUT2D eigenvalue weighted by molar-refractivity contribution is 6.30. The summed E-state index contributed by atoms with van der Waals surface area (Å²) in [5, 5.41) is 15.5. The molecule has 3 rings (SSSR count). The molecule has 0 bridgehead atoms. The van der Waals surface area contributed by atoms with Gasteiger partial charge < -0.3 is 0 Å². The van der Waals surface area contributed by atoms with E-state index in [0.717, 1.165) is 11.1 Å². The quantitative estimate of drug-likeness (QED) is 0.326. The standard InChI is InChI=1S/C22H16Cl2FN5O/c23-17-9-5-15(6-10-17)13-26-29-22(28-21(31)19-3-1-2-4-20(19)25)30-27-14-16-7-11-18(24)12-8-16/h1-14H,(H2,28,29,30,31)/b26-13+,27-14+. The molecule has 31 heavy (non-hydrogen) atoms. The molecule has 0 saturated carbocycles. The number of hydrogen-bond donors (Lipinski definition) is 2. The molecule has 0 aliphatic rings. The first-order valence-electron chi connectivity index (χ1n) is 8.98. The van der Waals surface area contributed by atoms with E-state index < -0.39 is 11.7 Å². The number of amides is 1. The topological polar surface area (TPSA) is 78.2 Å². The molecule has 156 valence electrons. The van der Waals surface area contributed by atoms with Gasteiger partial charge in [0.05, 0.1) is 18.0 Å². The number of guanidine groups is 1. The van der Waals surface area contributed by atoms with Crippen molar-refractivity contribution in [3.63, 3.8) is 0 Å². The van der Waals surface area contributed by atoms with Gasteiger partial charge in [0.2, 0.25) is 5.96 Å². The first-order chi connectivity index (χ1) is 15.0. The number of nitrogens with zero attached hydrogens (tertiary/aromatic N) is 3. The summed E-state index contributed by atoms with van der Waals surface area (Å²) in [5.74, 6) is -1.45. The monoisotopic (exact) mass is 455 g/mol. The highest BCUT2D eigenvalue weighted by Crippen LogP contribution is 2.09. The molecule has 0 aliphatic carbocycles. The molecular weight excluding hydrogens is 440 g/mol. The van der Waals surface area contributed by atoms with Crippen molar-refractivity contribution in [3.05, 3.63) is 105 Å². The lowest BCUT2D eigenvalue weighted by Crippen LogP contribution is -2.39. The van der Waals surface area contributed by atoms with E-state index in [4.69, 9.17) is 23.2 Å². The fourth-order valence-corrected chi connectivity index (χ4v) is 2.57. The third kappa shape index (κ3) is 7.02. The summed E-state index contributed by atoms with van der Waals surface area (Å²) in [6, 6.07) is 19.5. The van der Waals surface area contributed by atoms with Crippen LogP contribution in [0, 0.1) is 5.82 Å². The summed E-state index contributed by atoms with van der Waals surface area (Å²) in [7, 11) is 0. The van der Waals surface area contributed by atoms with Gasteiger partial charge >= 0.3 is 0 Å². The largest absolute Gasteiger partial charge is 0.289 e. The molecule has 0 radical (unpaired) electrons. The van der Waals surface area contributed by atoms with Gasteiger partial charge in [-0.1, -0.05) is 59.6 Å². The Morgan fingerprint density at radius 1 is 0.839 bits per heavy atom. The summed E-state index contributed by atoms with van der Waals surface area (Å²) in [5.41, 5.74) is 3.97. The van der Waals surface area contributed by atoms with Gasteiger partial charge in [0.25, 0.3) is 5.91 Å². The minimum absolute atomic E-state index is 0.0938. The van der Waals surface area contributed by atoms with E-state index in [-0.39, 0.29) is 11.5 Å². The molecule has 0 aliphatic heterocycles. The molecular formula is C22H16Cl2FN5O. The predicted octanol–water partition coefficient (Wildman–Crippen LogP) is 4.88. The molecule has 2 N–H and O–H groups in total. The number of halogens is 3. The lowest BCUT2D eigenvalue weighted by Gasteiger charge is -2.07. The number of carbonyl (C=O) groups is 1. The Morgan fingerprint density at radius 2 is 1.42 bits per heavy atom. The molecule has 0 unspecified atom stereocenters. The molecule has 0 aromatic heterocycles. The van der Waals surface area contributed by atoms with Crippen molar-refractivity contribution in [1.82, 2.24) is 10.7 Å². The van der Waals surface area contributed by atoms with Crippen molar-refractivity contribution in [3.8, 4) is 0 Å². The Morgan fingerprint density at radius 3 is 2.03 bits per heavy atom. The summed E-state index contributed by atoms with van der Waals surface area (Å²) < 4.78 is 13.9. The number of nitrogens with one attached hydrogen (secondary N) is 2. The SMILES string of the molecule is O=C(N/C(=N/N=C/c1ccc(Cl)cc1)N/N=C/c1ccc(Cl)cc1)c1ccccc1F. The van der Waals surface area contributed by atoms with E-state index in [2.05, 4.69) is 26.0 Å². The number of hydrogen-bond acceptors (Lipinski definition) is 4. The van der Waals surface area contributed by atoms with E-state index in [0.29, 0.717) is 10.0 Å². The minimum atomic E-state index is -0.701. The predicted molar refractivity (Wildman–Crippen MR) is 123 cm³/mol. The number of rotatable bonds is 5. The fraction of sp³-hybridized carbons (Fsp3) is 0. The Hall–Kier alpha value is -3.55. The molecule has 0 saturated heterocycles. The van der Waals surface area contributed by atoms with Crippen molar-refractivity contribution in [2.24, 2.45) is 15.3 Å². The van der Waals surface area contributed by atoms with Crippen molar-refractivity contribution in [2.45, 2.75) is 0 Å². The minimum Gasteiger partial charge on any atom is -0.289 e. The van der Waals surface area contributed by atoms with E-state index in [1.165, 1.54) is 30.6 Å². The van der Waals surface area contributed by atoms with Gasteiger partial charge in [0.1, 0.15) is 5.82 Å². The molecule has 0 spiro atoms. The second kappa shape index (κ2) is 11.0. The molecule has 9 heteroatoms. The van der Waals surface area contributed by atoms with Gasteiger partial charge in [-0.05, 0) is 47.5 Å². The van der Waals surface area contributed by atoms with E-state index in [9.17, 15) is 9.18 Å². The molecule has 1 amide bonds. The van der Waals surface area contributed by atoms with Crippen LogP contribution in [0.3, 0.4) is 0 Å². The van der Waals surface area contributed by atoms with Gasteiger partial charge in [-0.15, -0.1) is 5.10 Å². The van der Waals surface area contributed by atoms with Crippen LogP contribution < -0.4 is 10.7 Å². The van der Waals surface area contributed by atoms with Crippen LogP contribution in [0.1, 0.15) is 21.5 Å². The van der Waals surface area contributed by atoms with Gasteiger partial charge in [0.15, 0.2) is 0 Å². The highest BCUT2D eigenvalue weighted by Gasteiger charge is 2.12. The number of carbonyl (C=O) groups excluding carboxylic acids is 1. The third-order valence-corrected chi connectivity index (χ3v) is 4.34. The zero-order valence-electron chi connectivity index (χ0n) is 16.0. The highest BCUT2D eigenvalue weighted by atomic mass is 35.5. The van der Waals surface area contributed by atoms with Crippen LogP contribution >= 0.6 is 23.2 Å². The van der Waals surface area contributed by atoms with Crippen molar-refractivity contribution >= 4 is 47.5 Å². The van der Waals surface area contributed by atoms with Crippen LogP contribution in [0.15, 0.2) is 88.1 Å². The van der Waals surface area contributed by atoms with Gasteiger partial charge in [-0.3, -0.25) is 10.1 Å². The molecule has 3 aromatic rings. The maximum Gasteiger partial charge on any atom is 0.261 e.